The number of carbonyl (C=O) groups excluding carboxylic acids is 1. The molecule has 1 aliphatic rings. The number of ether oxygens (including phenoxy) is 2. The Bertz CT molecular complexity index is 497. The second kappa shape index (κ2) is 5.67. The van der Waals surface area contributed by atoms with Crippen LogP contribution in [-0.2, 0) is 15.1 Å². The molecule has 108 valence electrons. The number of benzene rings is 1. The van der Waals surface area contributed by atoms with Crippen LogP contribution < -0.4 is 4.74 Å². The SMILES string of the molecule is C=C[C@@H]1CCN(C)[C@@]1(C(=O)OC)c1ccc(OC)cc1. The second-order valence-corrected chi connectivity index (χ2v) is 5.04. The highest BCUT2D eigenvalue weighted by molar-refractivity contribution is 5.84. The molecule has 4 heteroatoms. The monoisotopic (exact) mass is 275 g/mol. The lowest BCUT2D eigenvalue weighted by atomic mass is 9.78. The van der Waals surface area contributed by atoms with E-state index < -0.39 is 5.54 Å². The predicted octanol–water partition coefficient (Wildman–Crippen LogP) is 2.20. The molecule has 1 aromatic rings. The fourth-order valence-corrected chi connectivity index (χ4v) is 3.15. The van der Waals surface area contributed by atoms with Crippen LogP contribution in [0.2, 0.25) is 0 Å². The van der Waals surface area contributed by atoms with Gasteiger partial charge in [0.05, 0.1) is 14.2 Å². The van der Waals surface area contributed by atoms with Crippen LogP contribution in [0.25, 0.3) is 0 Å². The molecule has 2 atom stereocenters. The van der Waals surface area contributed by atoms with E-state index in [0.717, 1.165) is 24.3 Å². The molecular formula is C16H21NO3. The minimum Gasteiger partial charge on any atom is -0.497 e. The number of hydrogen-bond acceptors (Lipinski definition) is 4. The number of nitrogens with zero attached hydrogens (tertiary/aromatic N) is 1. The van der Waals surface area contributed by atoms with E-state index in [1.54, 1.807) is 7.11 Å². The van der Waals surface area contributed by atoms with Crippen molar-refractivity contribution in [3.8, 4) is 5.75 Å². The first-order valence-corrected chi connectivity index (χ1v) is 6.68. The quantitative estimate of drug-likeness (QED) is 0.624. The highest BCUT2D eigenvalue weighted by atomic mass is 16.5. The Hall–Kier alpha value is -1.81. The van der Waals surface area contributed by atoms with E-state index in [1.165, 1.54) is 7.11 Å². The first kappa shape index (κ1) is 14.6. The molecule has 20 heavy (non-hydrogen) atoms. The van der Waals surface area contributed by atoms with E-state index in [1.807, 2.05) is 42.3 Å². The van der Waals surface area contributed by atoms with Gasteiger partial charge in [0.25, 0.3) is 0 Å². The Morgan fingerprint density at radius 1 is 1.40 bits per heavy atom. The van der Waals surface area contributed by atoms with Gasteiger partial charge in [0.15, 0.2) is 5.54 Å². The maximum atomic E-state index is 12.5. The average Bonchev–Trinajstić information content (AvgIpc) is 2.84. The van der Waals surface area contributed by atoms with E-state index in [2.05, 4.69) is 6.58 Å². The van der Waals surface area contributed by atoms with Crippen LogP contribution in [0.15, 0.2) is 36.9 Å². The van der Waals surface area contributed by atoms with Gasteiger partial charge in [0.2, 0.25) is 0 Å². The normalized spacial score (nSPS) is 26.2. The lowest BCUT2D eigenvalue weighted by Gasteiger charge is -2.37. The summed E-state index contributed by atoms with van der Waals surface area (Å²) in [7, 11) is 5.00. The number of hydrogen-bond donors (Lipinski definition) is 0. The highest BCUT2D eigenvalue weighted by Crippen LogP contribution is 2.44. The predicted molar refractivity (Wildman–Crippen MR) is 77.6 cm³/mol. The maximum absolute atomic E-state index is 12.5. The molecule has 0 unspecified atom stereocenters. The zero-order chi connectivity index (χ0) is 14.8. The molecule has 0 N–H and O–H groups in total. The van der Waals surface area contributed by atoms with Crippen molar-refractivity contribution in [2.45, 2.75) is 12.0 Å². The van der Waals surface area contributed by atoms with Crippen LogP contribution in [-0.4, -0.2) is 38.7 Å². The molecular weight excluding hydrogens is 254 g/mol. The highest BCUT2D eigenvalue weighted by Gasteiger charge is 2.54. The second-order valence-electron chi connectivity index (χ2n) is 5.04. The molecule has 1 heterocycles. The Morgan fingerprint density at radius 2 is 2.05 bits per heavy atom. The van der Waals surface area contributed by atoms with Gasteiger partial charge in [0.1, 0.15) is 5.75 Å². The van der Waals surface area contributed by atoms with E-state index in [-0.39, 0.29) is 11.9 Å². The Kier molecular flexibility index (Phi) is 4.14. The third-order valence-corrected chi connectivity index (χ3v) is 4.23. The van der Waals surface area contributed by atoms with Crippen molar-refractivity contribution in [1.82, 2.24) is 4.90 Å². The third-order valence-electron chi connectivity index (χ3n) is 4.23. The summed E-state index contributed by atoms with van der Waals surface area (Å²) in [5, 5.41) is 0. The number of likely N-dealkylation sites (N-methyl/N-ethyl adjacent to an activating group) is 1. The Balaban J connectivity index is 2.56. The van der Waals surface area contributed by atoms with Gasteiger partial charge in [-0.15, -0.1) is 6.58 Å². The van der Waals surface area contributed by atoms with E-state index >= 15 is 0 Å². The number of esters is 1. The molecule has 1 aliphatic heterocycles. The van der Waals surface area contributed by atoms with Crippen molar-refractivity contribution in [3.05, 3.63) is 42.5 Å². The fraction of sp³-hybridized carbons (Fsp3) is 0.438. The zero-order valence-corrected chi connectivity index (χ0v) is 12.3. The lowest BCUT2D eigenvalue weighted by Crippen LogP contribution is -2.50. The van der Waals surface area contributed by atoms with Crippen LogP contribution in [0.3, 0.4) is 0 Å². The summed E-state index contributed by atoms with van der Waals surface area (Å²) in [5.41, 5.74) is 0.123. The van der Waals surface area contributed by atoms with Crippen molar-refractivity contribution >= 4 is 5.97 Å². The standard InChI is InChI=1S/C16H21NO3/c1-5-12-10-11-17(2)16(12,15(18)20-4)13-6-8-14(19-3)9-7-13/h5-9,12H,1,10-11H2,2-4H3/t12-,16-/m1/s1. The molecule has 1 aromatic carbocycles. The van der Waals surface area contributed by atoms with Crippen molar-refractivity contribution in [2.75, 3.05) is 27.8 Å². The molecule has 0 amide bonds. The summed E-state index contributed by atoms with van der Waals surface area (Å²) in [6.07, 6.45) is 2.74. The zero-order valence-electron chi connectivity index (χ0n) is 12.3. The number of methoxy groups -OCH3 is 2. The largest absolute Gasteiger partial charge is 0.497 e. The van der Waals surface area contributed by atoms with Crippen molar-refractivity contribution in [2.24, 2.45) is 5.92 Å². The molecule has 4 nitrogen and oxygen atoms in total. The van der Waals surface area contributed by atoms with E-state index in [4.69, 9.17) is 9.47 Å². The summed E-state index contributed by atoms with van der Waals surface area (Å²) in [6, 6.07) is 7.58. The van der Waals surface area contributed by atoms with Crippen molar-refractivity contribution < 1.29 is 14.3 Å². The first-order valence-electron chi connectivity index (χ1n) is 6.68. The van der Waals surface area contributed by atoms with Gasteiger partial charge < -0.3 is 9.47 Å². The number of likely N-dealkylation sites (tertiary alicyclic amines) is 1. The van der Waals surface area contributed by atoms with Crippen LogP contribution in [0.1, 0.15) is 12.0 Å². The number of carbonyl (C=O) groups is 1. The molecule has 0 aliphatic carbocycles. The lowest BCUT2D eigenvalue weighted by molar-refractivity contribution is -0.155. The third kappa shape index (κ3) is 2.00. The Morgan fingerprint density at radius 3 is 2.55 bits per heavy atom. The van der Waals surface area contributed by atoms with Gasteiger partial charge in [-0.05, 0) is 37.7 Å². The van der Waals surface area contributed by atoms with Gasteiger partial charge in [-0.3, -0.25) is 4.90 Å². The van der Waals surface area contributed by atoms with Crippen molar-refractivity contribution in [3.63, 3.8) is 0 Å². The molecule has 0 radical (unpaired) electrons. The van der Waals surface area contributed by atoms with Gasteiger partial charge >= 0.3 is 5.97 Å². The topological polar surface area (TPSA) is 38.8 Å². The van der Waals surface area contributed by atoms with Crippen LogP contribution in [0.5, 0.6) is 5.75 Å². The average molecular weight is 275 g/mol. The van der Waals surface area contributed by atoms with E-state index in [9.17, 15) is 4.79 Å². The molecule has 0 aromatic heterocycles. The van der Waals surface area contributed by atoms with Gasteiger partial charge in [-0.25, -0.2) is 4.79 Å². The van der Waals surface area contributed by atoms with Gasteiger partial charge in [-0.1, -0.05) is 18.2 Å². The molecule has 1 saturated heterocycles. The van der Waals surface area contributed by atoms with Crippen LogP contribution in [0.4, 0.5) is 0 Å². The molecule has 0 saturated carbocycles. The van der Waals surface area contributed by atoms with Crippen molar-refractivity contribution in [1.29, 1.82) is 0 Å². The summed E-state index contributed by atoms with van der Waals surface area (Å²) in [5.74, 6) is 0.561. The minimum atomic E-state index is -0.789. The molecule has 2 rings (SSSR count). The molecule has 0 bridgehead atoms. The fourth-order valence-electron chi connectivity index (χ4n) is 3.15. The Labute approximate surface area is 120 Å². The summed E-state index contributed by atoms with van der Waals surface area (Å²) in [4.78, 5) is 14.6. The smallest absolute Gasteiger partial charge is 0.331 e. The summed E-state index contributed by atoms with van der Waals surface area (Å²) >= 11 is 0. The van der Waals surface area contributed by atoms with E-state index in [0.29, 0.717) is 0 Å². The van der Waals surface area contributed by atoms with Crippen LogP contribution in [0, 0.1) is 5.92 Å². The minimum absolute atomic E-state index is 0.0355. The summed E-state index contributed by atoms with van der Waals surface area (Å²) < 4.78 is 10.3. The summed E-state index contributed by atoms with van der Waals surface area (Å²) in [6.45, 7) is 4.72. The van der Waals surface area contributed by atoms with Crippen LogP contribution >= 0.6 is 0 Å². The van der Waals surface area contributed by atoms with Gasteiger partial charge in [-0.2, -0.15) is 0 Å². The molecule has 1 fully saturated rings. The maximum Gasteiger partial charge on any atom is 0.331 e. The first-order chi connectivity index (χ1) is 9.60. The van der Waals surface area contributed by atoms with Gasteiger partial charge in [0, 0.05) is 5.92 Å². The molecule has 0 spiro atoms. The number of rotatable bonds is 4.